The molecule has 0 radical (unpaired) electrons. The van der Waals surface area contributed by atoms with Crippen LogP contribution in [0, 0.1) is 0 Å². The second-order valence-corrected chi connectivity index (χ2v) is 18.3. The molecule has 4 nitrogen and oxygen atoms in total. The van der Waals surface area contributed by atoms with Crippen molar-refractivity contribution in [3.63, 3.8) is 0 Å². The molecule has 326 valence electrons. The second kappa shape index (κ2) is 15.9. The van der Waals surface area contributed by atoms with Crippen molar-refractivity contribution < 1.29 is 0 Å². The largest absolute Gasteiger partial charge is 0.292 e. The lowest BCUT2D eigenvalue weighted by atomic mass is 9.70. The van der Waals surface area contributed by atoms with E-state index in [1.54, 1.807) is 0 Å². The SMILES string of the molecule is c1ccc(-c2cc(-c3ccc4c(c3)C3(c5ccccc5-4)c4ccccc4-c4ccc(-c5nc(-c6ccccc6)cc(-c6ccccc6)n5)cc43)cc(-c3nc4ccccc4n3-c3ccccc3)c2)cc1. The molecule has 2 heterocycles. The fourth-order valence-corrected chi connectivity index (χ4v) is 11.3. The number of nitrogens with zero attached hydrogens (tertiary/aromatic N) is 4. The summed E-state index contributed by atoms with van der Waals surface area (Å²) in [6, 6.07) is 91.7. The molecule has 0 bridgehead atoms. The predicted octanol–water partition coefficient (Wildman–Crippen LogP) is 16.2. The molecule has 2 aromatic heterocycles. The van der Waals surface area contributed by atoms with E-state index in [1.165, 1.54) is 44.5 Å². The maximum atomic E-state index is 5.35. The van der Waals surface area contributed by atoms with E-state index >= 15 is 0 Å². The molecule has 0 amide bonds. The summed E-state index contributed by atoms with van der Waals surface area (Å²) in [5, 5.41) is 0. The van der Waals surface area contributed by atoms with Gasteiger partial charge in [-0.05, 0) is 127 Å². The molecule has 2 aliphatic carbocycles. The fourth-order valence-electron chi connectivity index (χ4n) is 11.3. The number of benzene rings is 10. The van der Waals surface area contributed by atoms with Crippen molar-refractivity contribution >= 4 is 11.0 Å². The molecule has 70 heavy (non-hydrogen) atoms. The first-order valence-corrected chi connectivity index (χ1v) is 23.9. The van der Waals surface area contributed by atoms with Crippen LogP contribution < -0.4 is 0 Å². The zero-order valence-corrected chi connectivity index (χ0v) is 38.0. The Morgan fingerprint density at radius 2 is 0.743 bits per heavy atom. The van der Waals surface area contributed by atoms with Crippen LogP contribution in [0.5, 0.6) is 0 Å². The van der Waals surface area contributed by atoms with Crippen LogP contribution in [0.15, 0.2) is 255 Å². The number of hydrogen-bond acceptors (Lipinski definition) is 3. The molecule has 1 unspecified atom stereocenters. The Kier molecular flexibility index (Phi) is 9.08. The first-order valence-electron chi connectivity index (χ1n) is 23.9. The highest BCUT2D eigenvalue weighted by atomic mass is 15.1. The van der Waals surface area contributed by atoms with Gasteiger partial charge in [0.15, 0.2) is 5.82 Å². The monoisotopic (exact) mass is 890 g/mol. The summed E-state index contributed by atoms with van der Waals surface area (Å²) in [5.74, 6) is 1.60. The Bertz CT molecular complexity index is 3920. The van der Waals surface area contributed by atoms with Crippen molar-refractivity contribution in [1.82, 2.24) is 19.5 Å². The van der Waals surface area contributed by atoms with E-state index in [-0.39, 0.29) is 0 Å². The predicted molar refractivity (Wildman–Crippen MR) is 286 cm³/mol. The minimum atomic E-state index is -0.607. The summed E-state index contributed by atoms with van der Waals surface area (Å²) in [5.41, 5.74) is 23.0. The van der Waals surface area contributed by atoms with Gasteiger partial charge >= 0.3 is 0 Å². The average Bonchev–Trinajstić information content (AvgIpc) is 4.08. The minimum absolute atomic E-state index is 0.607. The van der Waals surface area contributed by atoms with Gasteiger partial charge in [0.25, 0.3) is 0 Å². The van der Waals surface area contributed by atoms with Gasteiger partial charge in [-0.1, -0.05) is 194 Å². The van der Waals surface area contributed by atoms with Crippen LogP contribution in [0.1, 0.15) is 22.3 Å². The Morgan fingerprint density at radius 1 is 0.286 bits per heavy atom. The lowest BCUT2D eigenvalue weighted by molar-refractivity contribution is 0.794. The van der Waals surface area contributed by atoms with E-state index < -0.39 is 5.41 Å². The maximum Gasteiger partial charge on any atom is 0.160 e. The Hall–Kier alpha value is -9.25. The Balaban J connectivity index is 0.997. The molecule has 4 heteroatoms. The summed E-state index contributed by atoms with van der Waals surface area (Å²) in [4.78, 5) is 16.0. The highest BCUT2D eigenvalue weighted by molar-refractivity contribution is 5.97. The molecule has 1 atom stereocenters. The van der Waals surface area contributed by atoms with Crippen molar-refractivity contribution in [3.05, 3.63) is 277 Å². The first-order chi connectivity index (χ1) is 34.7. The molecule has 0 fully saturated rings. The topological polar surface area (TPSA) is 43.6 Å². The van der Waals surface area contributed by atoms with E-state index in [2.05, 4.69) is 247 Å². The first kappa shape index (κ1) is 39.9. The van der Waals surface area contributed by atoms with Crippen LogP contribution in [0.25, 0.3) is 107 Å². The van der Waals surface area contributed by atoms with E-state index in [0.717, 1.165) is 78.4 Å². The third-order valence-corrected chi connectivity index (χ3v) is 14.4. The summed E-state index contributed by atoms with van der Waals surface area (Å²) in [6.45, 7) is 0. The van der Waals surface area contributed by atoms with Crippen LogP contribution in [0.2, 0.25) is 0 Å². The van der Waals surface area contributed by atoms with Gasteiger partial charge in [0.05, 0.1) is 27.8 Å². The molecule has 0 N–H and O–H groups in total. The third-order valence-electron chi connectivity index (χ3n) is 14.4. The summed E-state index contributed by atoms with van der Waals surface area (Å²) in [7, 11) is 0. The zero-order chi connectivity index (χ0) is 46.2. The summed E-state index contributed by atoms with van der Waals surface area (Å²) in [6.07, 6.45) is 0. The molecule has 10 aromatic carbocycles. The Labute approximate surface area is 406 Å². The van der Waals surface area contributed by atoms with Crippen LogP contribution in [0.3, 0.4) is 0 Å². The number of para-hydroxylation sites is 3. The smallest absolute Gasteiger partial charge is 0.160 e. The highest BCUT2D eigenvalue weighted by Crippen LogP contribution is 2.63. The molecule has 14 rings (SSSR count). The lowest BCUT2D eigenvalue weighted by Crippen LogP contribution is -2.26. The van der Waals surface area contributed by atoms with Crippen molar-refractivity contribution in [1.29, 1.82) is 0 Å². The van der Waals surface area contributed by atoms with Gasteiger partial charge < -0.3 is 0 Å². The molecule has 0 saturated heterocycles. The summed E-state index contributed by atoms with van der Waals surface area (Å²) < 4.78 is 2.30. The quantitative estimate of drug-likeness (QED) is 0.160. The molecular formula is C66H42N4. The van der Waals surface area contributed by atoms with Crippen molar-refractivity contribution in [2.24, 2.45) is 0 Å². The van der Waals surface area contributed by atoms with Gasteiger partial charge in [0, 0.05) is 27.9 Å². The van der Waals surface area contributed by atoms with Crippen molar-refractivity contribution in [3.8, 4) is 95.5 Å². The number of imidazole rings is 1. The van der Waals surface area contributed by atoms with E-state index in [1.807, 2.05) is 12.1 Å². The molecule has 0 aliphatic heterocycles. The van der Waals surface area contributed by atoms with E-state index in [0.29, 0.717) is 5.82 Å². The van der Waals surface area contributed by atoms with Crippen LogP contribution in [0.4, 0.5) is 0 Å². The van der Waals surface area contributed by atoms with Gasteiger partial charge in [0.2, 0.25) is 0 Å². The lowest BCUT2D eigenvalue weighted by Gasteiger charge is -2.31. The minimum Gasteiger partial charge on any atom is -0.292 e. The Morgan fingerprint density at radius 3 is 1.36 bits per heavy atom. The number of fused-ring (bicyclic) bond motifs is 11. The zero-order valence-electron chi connectivity index (χ0n) is 38.0. The molecular weight excluding hydrogens is 849 g/mol. The van der Waals surface area contributed by atoms with Crippen LogP contribution >= 0.6 is 0 Å². The molecule has 0 saturated carbocycles. The van der Waals surface area contributed by atoms with Gasteiger partial charge in [-0.2, -0.15) is 0 Å². The van der Waals surface area contributed by atoms with E-state index in [4.69, 9.17) is 15.0 Å². The normalized spacial score (nSPS) is 14.1. The number of rotatable bonds is 7. The maximum absolute atomic E-state index is 5.35. The molecule has 2 aliphatic rings. The van der Waals surface area contributed by atoms with Gasteiger partial charge in [-0.25, -0.2) is 15.0 Å². The second-order valence-electron chi connectivity index (χ2n) is 18.3. The molecule has 1 spiro atoms. The average molecular weight is 891 g/mol. The standard InChI is InChI=1S/C66H42N4/c1-5-19-43(20-6-1)48-37-49(39-50(38-48)65-69-60-31-17-18-32-63(60)70(65)51-25-11-4-12-26-51)46-33-35-54-52-27-13-15-29-56(52)66(58(54)40-46)57-30-16-14-28-53(57)55-36-34-47(41-59(55)66)64-67-61(44-21-7-2-8-22-44)42-62(68-64)45-23-9-3-10-24-45/h1-42H. The van der Waals surface area contributed by atoms with Crippen molar-refractivity contribution in [2.45, 2.75) is 5.41 Å². The number of aromatic nitrogens is 4. The fraction of sp³-hybridized carbons (Fsp3) is 0.0152. The van der Waals surface area contributed by atoms with Gasteiger partial charge in [-0.3, -0.25) is 4.57 Å². The molecule has 12 aromatic rings. The van der Waals surface area contributed by atoms with Gasteiger partial charge in [-0.15, -0.1) is 0 Å². The van der Waals surface area contributed by atoms with Gasteiger partial charge in [0.1, 0.15) is 5.82 Å². The highest BCUT2D eigenvalue weighted by Gasteiger charge is 2.52. The van der Waals surface area contributed by atoms with Crippen LogP contribution in [-0.2, 0) is 5.41 Å². The number of hydrogen-bond donors (Lipinski definition) is 0. The van der Waals surface area contributed by atoms with Crippen molar-refractivity contribution in [2.75, 3.05) is 0 Å². The summed E-state index contributed by atoms with van der Waals surface area (Å²) >= 11 is 0. The third kappa shape index (κ3) is 6.20. The van der Waals surface area contributed by atoms with Crippen LogP contribution in [-0.4, -0.2) is 19.5 Å². The van der Waals surface area contributed by atoms with E-state index in [9.17, 15) is 0 Å².